The largest absolute Gasteiger partial charge is 0.493 e. The predicted molar refractivity (Wildman–Crippen MR) is 113 cm³/mol. The van der Waals surface area contributed by atoms with Crippen molar-refractivity contribution in [3.05, 3.63) is 59.4 Å². The minimum Gasteiger partial charge on any atom is -0.493 e. The van der Waals surface area contributed by atoms with Crippen molar-refractivity contribution >= 4 is 29.3 Å². The van der Waals surface area contributed by atoms with Crippen LogP contribution in [-0.4, -0.2) is 52.6 Å². The number of benzene rings is 2. The number of para-hydroxylation sites is 1. The van der Waals surface area contributed by atoms with Gasteiger partial charge >= 0.3 is 0 Å². The lowest BCUT2D eigenvalue weighted by atomic mass is 10.1. The van der Waals surface area contributed by atoms with E-state index in [4.69, 9.17) is 21.1 Å². The van der Waals surface area contributed by atoms with Crippen molar-refractivity contribution in [1.82, 2.24) is 19.7 Å². The molecule has 152 valence electrons. The van der Waals surface area contributed by atoms with E-state index >= 15 is 0 Å². The van der Waals surface area contributed by atoms with E-state index < -0.39 is 0 Å². The molecule has 0 radical (unpaired) electrons. The van der Waals surface area contributed by atoms with Gasteiger partial charge in [-0.3, -0.25) is 9.36 Å². The van der Waals surface area contributed by atoms with Gasteiger partial charge in [0, 0.05) is 24.2 Å². The molecular weight excluding hydrogens is 412 g/mol. The quantitative estimate of drug-likeness (QED) is 0.505. The van der Waals surface area contributed by atoms with Crippen molar-refractivity contribution in [3.63, 3.8) is 0 Å². The van der Waals surface area contributed by atoms with Crippen LogP contribution < -0.4 is 9.47 Å². The lowest BCUT2D eigenvalue weighted by Crippen LogP contribution is -2.28. The van der Waals surface area contributed by atoms with E-state index in [2.05, 4.69) is 10.2 Å². The summed E-state index contributed by atoms with van der Waals surface area (Å²) in [4.78, 5) is 14.3. The van der Waals surface area contributed by atoms with Crippen LogP contribution in [-0.2, 0) is 11.3 Å². The van der Waals surface area contributed by atoms with Gasteiger partial charge in [-0.05, 0) is 24.3 Å². The van der Waals surface area contributed by atoms with Crippen LogP contribution in [0.5, 0.6) is 11.5 Å². The molecule has 0 spiro atoms. The SMILES string of the molecule is COc1cccc(CN(C)C(=O)CSc2nncn2-c2cccc(Cl)c2)c1OC. The molecule has 2 aromatic carbocycles. The maximum absolute atomic E-state index is 12.7. The zero-order chi connectivity index (χ0) is 20.8. The van der Waals surface area contributed by atoms with Crippen molar-refractivity contribution in [1.29, 1.82) is 0 Å². The summed E-state index contributed by atoms with van der Waals surface area (Å²) >= 11 is 7.38. The zero-order valence-electron chi connectivity index (χ0n) is 16.3. The molecule has 7 nitrogen and oxygen atoms in total. The van der Waals surface area contributed by atoms with Gasteiger partial charge in [0.15, 0.2) is 16.7 Å². The summed E-state index contributed by atoms with van der Waals surface area (Å²) in [5.41, 5.74) is 1.71. The first-order valence-corrected chi connectivity index (χ1v) is 10.1. The van der Waals surface area contributed by atoms with E-state index in [1.54, 1.807) is 43.1 Å². The fourth-order valence-corrected chi connectivity index (χ4v) is 3.84. The molecule has 3 aromatic rings. The highest BCUT2D eigenvalue weighted by Gasteiger charge is 2.17. The zero-order valence-corrected chi connectivity index (χ0v) is 17.9. The van der Waals surface area contributed by atoms with Crippen LogP contribution in [0.2, 0.25) is 5.02 Å². The van der Waals surface area contributed by atoms with Crippen molar-refractivity contribution in [2.75, 3.05) is 27.0 Å². The maximum atomic E-state index is 12.7. The molecule has 1 aromatic heterocycles. The molecule has 0 aliphatic carbocycles. The fraction of sp³-hybridized carbons (Fsp3) is 0.250. The Morgan fingerprint density at radius 3 is 2.72 bits per heavy atom. The van der Waals surface area contributed by atoms with E-state index in [9.17, 15) is 4.79 Å². The first kappa shape index (κ1) is 21.0. The number of rotatable bonds is 8. The van der Waals surface area contributed by atoms with Gasteiger partial charge in [-0.1, -0.05) is 41.6 Å². The van der Waals surface area contributed by atoms with Crippen LogP contribution in [0.1, 0.15) is 5.56 Å². The lowest BCUT2D eigenvalue weighted by molar-refractivity contribution is -0.127. The second-order valence-corrected chi connectivity index (χ2v) is 7.53. The Hall–Kier alpha value is -2.71. The minimum atomic E-state index is -0.0412. The molecule has 0 saturated heterocycles. The molecule has 1 heterocycles. The molecule has 0 bridgehead atoms. The molecule has 0 aliphatic heterocycles. The van der Waals surface area contributed by atoms with Gasteiger partial charge in [-0.15, -0.1) is 10.2 Å². The number of nitrogens with zero attached hydrogens (tertiary/aromatic N) is 4. The molecular formula is C20H21ClN4O3S. The van der Waals surface area contributed by atoms with E-state index in [0.29, 0.717) is 28.2 Å². The van der Waals surface area contributed by atoms with Crippen molar-refractivity contribution in [2.24, 2.45) is 0 Å². The van der Waals surface area contributed by atoms with E-state index in [0.717, 1.165) is 11.3 Å². The third kappa shape index (κ3) is 5.02. The van der Waals surface area contributed by atoms with Crippen LogP contribution in [0.15, 0.2) is 53.9 Å². The molecule has 0 atom stereocenters. The van der Waals surface area contributed by atoms with Crippen molar-refractivity contribution < 1.29 is 14.3 Å². The van der Waals surface area contributed by atoms with Gasteiger partial charge < -0.3 is 14.4 Å². The highest BCUT2D eigenvalue weighted by atomic mass is 35.5. The maximum Gasteiger partial charge on any atom is 0.233 e. The van der Waals surface area contributed by atoms with E-state index in [-0.39, 0.29) is 11.7 Å². The predicted octanol–water partition coefficient (Wildman–Crippen LogP) is 3.69. The molecule has 0 unspecified atom stereocenters. The average molecular weight is 433 g/mol. The molecule has 1 amide bonds. The smallest absolute Gasteiger partial charge is 0.233 e. The Bertz CT molecular complexity index is 995. The molecule has 29 heavy (non-hydrogen) atoms. The number of hydrogen-bond acceptors (Lipinski definition) is 6. The topological polar surface area (TPSA) is 69.5 Å². The highest BCUT2D eigenvalue weighted by Crippen LogP contribution is 2.31. The average Bonchev–Trinajstić information content (AvgIpc) is 3.20. The number of aromatic nitrogens is 3. The van der Waals surface area contributed by atoms with Crippen LogP contribution in [0.4, 0.5) is 0 Å². The summed E-state index contributed by atoms with van der Waals surface area (Å²) < 4.78 is 12.6. The second-order valence-electron chi connectivity index (χ2n) is 6.15. The van der Waals surface area contributed by atoms with Crippen molar-refractivity contribution in [3.8, 4) is 17.2 Å². The number of amides is 1. The Labute approximate surface area is 178 Å². The number of hydrogen-bond donors (Lipinski definition) is 0. The first-order chi connectivity index (χ1) is 14.0. The van der Waals surface area contributed by atoms with Crippen LogP contribution in [0, 0.1) is 0 Å². The summed E-state index contributed by atoms with van der Waals surface area (Å²) in [6, 6.07) is 13.0. The molecule has 0 N–H and O–H groups in total. The molecule has 9 heteroatoms. The Kier molecular flexibility index (Phi) is 7.00. The molecule has 0 aliphatic rings. The third-order valence-corrected chi connectivity index (χ3v) is 5.41. The third-order valence-electron chi connectivity index (χ3n) is 4.25. The number of thioether (sulfide) groups is 1. The first-order valence-electron chi connectivity index (χ1n) is 8.76. The Morgan fingerprint density at radius 2 is 2.00 bits per heavy atom. The molecule has 3 rings (SSSR count). The molecule has 0 fully saturated rings. The number of methoxy groups -OCH3 is 2. The van der Waals surface area contributed by atoms with Gasteiger partial charge in [-0.2, -0.15) is 0 Å². The van der Waals surface area contributed by atoms with Crippen LogP contribution in [0.25, 0.3) is 5.69 Å². The summed E-state index contributed by atoms with van der Waals surface area (Å²) in [5.74, 6) is 1.44. The number of carbonyl (C=O) groups excluding carboxylic acids is 1. The standard InChI is InChI=1S/C20H21ClN4O3S/c1-24(11-14-6-4-9-17(27-2)19(14)28-3)18(26)12-29-20-23-22-13-25(20)16-8-5-7-15(21)10-16/h4-10,13H,11-12H2,1-3H3. The number of ether oxygens (including phenoxy) is 2. The second kappa shape index (κ2) is 9.67. The van der Waals surface area contributed by atoms with Gasteiger partial charge in [0.25, 0.3) is 0 Å². The Morgan fingerprint density at radius 1 is 1.21 bits per heavy atom. The molecule has 0 saturated carbocycles. The minimum absolute atomic E-state index is 0.0412. The van der Waals surface area contributed by atoms with E-state index in [1.807, 2.05) is 36.4 Å². The summed E-state index contributed by atoms with van der Waals surface area (Å²) in [6.45, 7) is 0.404. The van der Waals surface area contributed by atoms with E-state index in [1.165, 1.54) is 11.8 Å². The fourth-order valence-electron chi connectivity index (χ4n) is 2.78. The van der Waals surface area contributed by atoms with Gasteiger partial charge in [0.1, 0.15) is 6.33 Å². The summed E-state index contributed by atoms with van der Waals surface area (Å²) in [6.07, 6.45) is 1.60. The number of halogens is 1. The Balaban J connectivity index is 1.66. The summed E-state index contributed by atoms with van der Waals surface area (Å²) in [7, 11) is 4.92. The highest BCUT2D eigenvalue weighted by molar-refractivity contribution is 7.99. The van der Waals surface area contributed by atoms with Gasteiger partial charge in [-0.25, -0.2) is 0 Å². The van der Waals surface area contributed by atoms with Crippen LogP contribution >= 0.6 is 23.4 Å². The normalized spacial score (nSPS) is 10.6. The lowest BCUT2D eigenvalue weighted by Gasteiger charge is -2.19. The van der Waals surface area contributed by atoms with Gasteiger partial charge in [0.2, 0.25) is 5.91 Å². The van der Waals surface area contributed by atoms with Crippen LogP contribution in [0.3, 0.4) is 0 Å². The summed E-state index contributed by atoms with van der Waals surface area (Å²) in [5, 5.41) is 9.31. The van der Waals surface area contributed by atoms with Crippen molar-refractivity contribution in [2.45, 2.75) is 11.7 Å². The van der Waals surface area contributed by atoms with Gasteiger partial charge in [0.05, 0.1) is 25.7 Å². The number of carbonyl (C=O) groups is 1. The monoisotopic (exact) mass is 432 g/mol.